The van der Waals surface area contributed by atoms with Crippen LogP contribution in [-0.4, -0.2) is 25.3 Å². The molecule has 0 bridgehead atoms. The van der Waals surface area contributed by atoms with Crippen LogP contribution in [0.3, 0.4) is 0 Å². The first-order chi connectivity index (χ1) is 15.3. The second-order valence-electron chi connectivity index (χ2n) is 6.66. The van der Waals surface area contributed by atoms with E-state index in [0.717, 1.165) is 5.56 Å². The Kier molecular flexibility index (Phi) is 7.82. The summed E-state index contributed by atoms with van der Waals surface area (Å²) in [6.07, 6.45) is 0. The zero-order chi connectivity index (χ0) is 23.3. The van der Waals surface area contributed by atoms with Gasteiger partial charge in [-0.2, -0.15) is 0 Å². The predicted octanol–water partition coefficient (Wildman–Crippen LogP) is 6.15. The number of anilines is 1. The first kappa shape index (κ1) is 23.7. The van der Waals surface area contributed by atoms with E-state index < -0.39 is 11.8 Å². The molecule has 0 atom stereocenters. The zero-order valence-corrected chi connectivity index (χ0v) is 19.6. The normalized spacial score (nSPS) is 10.5. The molecule has 0 fully saturated rings. The second-order valence-corrected chi connectivity index (χ2v) is 7.92. The van der Waals surface area contributed by atoms with Crippen molar-refractivity contribution in [3.63, 3.8) is 0 Å². The lowest BCUT2D eigenvalue weighted by atomic mass is 10.1. The van der Waals surface area contributed by atoms with Crippen LogP contribution in [0.25, 0.3) is 0 Å². The first-order valence-corrected chi connectivity index (χ1v) is 10.6. The lowest BCUT2D eigenvalue weighted by molar-refractivity contribution is 0.0697. The molecule has 0 aliphatic rings. The average Bonchev–Trinajstić information content (AvgIpc) is 2.77. The maximum atomic E-state index is 14.0. The second kappa shape index (κ2) is 10.6. The fraction of sp³-hybridized carbons (Fsp3) is 0.174. The van der Waals surface area contributed by atoms with Gasteiger partial charge in [0.15, 0.2) is 11.5 Å². The molecule has 6 nitrogen and oxygen atoms in total. The number of benzene rings is 3. The van der Waals surface area contributed by atoms with E-state index >= 15 is 0 Å². The maximum absolute atomic E-state index is 14.0. The van der Waals surface area contributed by atoms with E-state index in [4.69, 9.17) is 25.8 Å². The van der Waals surface area contributed by atoms with Gasteiger partial charge in [-0.3, -0.25) is 0 Å². The molecule has 2 N–H and O–H groups in total. The highest BCUT2D eigenvalue weighted by Gasteiger charge is 2.15. The molecule has 0 aliphatic heterocycles. The van der Waals surface area contributed by atoms with Crippen LogP contribution in [0.2, 0.25) is 5.02 Å². The van der Waals surface area contributed by atoms with Crippen LogP contribution in [-0.2, 0) is 13.2 Å². The Bertz CT molecular complexity index is 1120. The highest BCUT2D eigenvalue weighted by atomic mass is 79.9. The minimum absolute atomic E-state index is 0.0644. The quantitative estimate of drug-likeness (QED) is 0.350. The van der Waals surface area contributed by atoms with Gasteiger partial charge in [0, 0.05) is 16.6 Å². The molecule has 0 amide bonds. The molecule has 0 heterocycles. The van der Waals surface area contributed by atoms with Gasteiger partial charge in [0.05, 0.1) is 30.5 Å². The van der Waals surface area contributed by atoms with Gasteiger partial charge in [-0.15, -0.1) is 0 Å². The Morgan fingerprint density at radius 1 is 1.09 bits per heavy atom. The fourth-order valence-electron chi connectivity index (χ4n) is 2.97. The monoisotopic (exact) mass is 523 g/mol. The first-order valence-electron chi connectivity index (χ1n) is 9.41. The van der Waals surface area contributed by atoms with Crippen LogP contribution in [0, 0.1) is 5.82 Å². The molecule has 0 saturated carbocycles. The number of hydrogen-bond donors (Lipinski definition) is 2. The van der Waals surface area contributed by atoms with E-state index in [1.54, 1.807) is 24.3 Å². The van der Waals surface area contributed by atoms with Crippen LogP contribution in [0.15, 0.2) is 53.0 Å². The highest BCUT2D eigenvalue weighted by Crippen LogP contribution is 2.36. The van der Waals surface area contributed by atoms with Crippen molar-refractivity contribution in [2.45, 2.75) is 13.2 Å². The number of aromatic carboxylic acids is 1. The van der Waals surface area contributed by atoms with Crippen molar-refractivity contribution < 1.29 is 28.5 Å². The summed E-state index contributed by atoms with van der Waals surface area (Å²) in [6, 6.07) is 12.5. The summed E-state index contributed by atoms with van der Waals surface area (Å²) in [6.45, 7) is 0.279. The number of nitrogens with one attached hydrogen (secondary N) is 1. The summed E-state index contributed by atoms with van der Waals surface area (Å²) in [5, 5.41) is 12.7. The molecule has 3 rings (SSSR count). The summed E-state index contributed by atoms with van der Waals surface area (Å²) in [5.74, 6) is -0.111. The highest BCUT2D eigenvalue weighted by molar-refractivity contribution is 9.10. The van der Waals surface area contributed by atoms with Gasteiger partial charge in [0.1, 0.15) is 18.2 Å². The number of carboxylic acids is 1. The summed E-state index contributed by atoms with van der Waals surface area (Å²) in [4.78, 5) is 11.3. The van der Waals surface area contributed by atoms with Crippen molar-refractivity contribution in [2.75, 3.05) is 19.5 Å². The molecular formula is C23H20BrClFNO5. The Balaban J connectivity index is 1.80. The number of ether oxygens (including phenoxy) is 3. The van der Waals surface area contributed by atoms with E-state index in [0.29, 0.717) is 34.0 Å². The third-order valence-electron chi connectivity index (χ3n) is 4.68. The standard InChI is InChI=1S/C23H20BrClFNO5/c1-30-20-7-6-13(23(28)29)8-19(20)27-11-14-9-21(31-2)22(10-16(14)24)32-12-15-17(25)4-3-5-18(15)26/h3-10,27H,11-12H2,1-2H3,(H,28,29). The van der Waals surface area contributed by atoms with Crippen LogP contribution < -0.4 is 19.5 Å². The van der Waals surface area contributed by atoms with E-state index in [1.807, 2.05) is 0 Å². The van der Waals surface area contributed by atoms with Gasteiger partial charge in [-0.05, 0) is 48.0 Å². The fourth-order valence-corrected chi connectivity index (χ4v) is 3.65. The Labute approximate surface area is 198 Å². The Morgan fingerprint density at radius 3 is 2.50 bits per heavy atom. The zero-order valence-electron chi connectivity index (χ0n) is 17.2. The predicted molar refractivity (Wildman–Crippen MR) is 124 cm³/mol. The van der Waals surface area contributed by atoms with Crippen LogP contribution in [0.4, 0.5) is 10.1 Å². The topological polar surface area (TPSA) is 77.0 Å². The van der Waals surface area contributed by atoms with Gasteiger partial charge in [-0.1, -0.05) is 33.6 Å². The van der Waals surface area contributed by atoms with Crippen molar-refractivity contribution in [2.24, 2.45) is 0 Å². The molecule has 0 aromatic heterocycles. The molecule has 0 spiro atoms. The van der Waals surface area contributed by atoms with Crippen LogP contribution in [0.1, 0.15) is 21.5 Å². The van der Waals surface area contributed by atoms with Crippen molar-refractivity contribution in [1.82, 2.24) is 0 Å². The van der Waals surface area contributed by atoms with Crippen molar-refractivity contribution in [3.05, 3.63) is 80.5 Å². The van der Waals surface area contributed by atoms with Gasteiger partial charge in [0.2, 0.25) is 0 Å². The average molecular weight is 525 g/mol. The number of halogens is 3. The Morgan fingerprint density at radius 2 is 1.84 bits per heavy atom. The van der Waals surface area contributed by atoms with Crippen LogP contribution in [0.5, 0.6) is 17.2 Å². The third-order valence-corrected chi connectivity index (χ3v) is 5.77. The number of hydrogen-bond acceptors (Lipinski definition) is 5. The van der Waals surface area contributed by atoms with Crippen molar-refractivity contribution >= 4 is 39.2 Å². The largest absolute Gasteiger partial charge is 0.495 e. The number of methoxy groups -OCH3 is 2. The summed E-state index contributed by atoms with van der Waals surface area (Å²) >= 11 is 9.58. The van der Waals surface area contributed by atoms with Crippen molar-refractivity contribution in [1.29, 1.82) is 0 Å². The van der Waals surface area contributed by atoms with Gasteiger partial charge >= 0.3 is 5.97 Å². The molecule has 32 heavy (non-hydrogen) atoms. The van der Waals surface area contributed by atoms with Gasteiger partial charge in [-0.25, -0.2) is 9.18 Å². The molecule has 0 saturated heterocycles. The molecular weight excluding hydrogens is 505 g/mol. The molecule has 9 heteroatoms. The molecule has 0 unspecified atom stereocenters. The summed E-state index contributed by atoms with van der Waals surface area (Å²) in [7, 11) is 3.01. The van der Waals surface area contributed by atoms with Gasteiger partial charge < -0.3 is 24.6 Å². The third kappa shape index (κ3) is 5.44. The number of carboxylic acid groups (broad SMARTS) is 1. The number of carbonyl (C=O) groups is 1. The van der Waals surface area contributed by atoms with E-state index in [-0.39, 0.29) is 22.8 Å². The molecule has 3 aromatic rings. The summed E-state index contributed by atoms with van der Waals surface area (Å²) in [5.41, 5.74) is 1.75. The van der Waals surface area contributed by atoms with E-state index in [9.17, 15) is 14.3 Å². The SMILES string of the molecule is COc1ccc(C(=O)O)cc1NCc1cc(OC)c(OCc2c(F)cccc2Cl)cc1Br. The van der Waals surface area contributed by atoms with Gasteiger partial charge in [0.25, 0.3) is 0 Å². The van der Waals surface area contributed by atoms with E-state index in [2.05, 4.69) is 21.2 Å². The minimum Gasteiger partial charge on any atom is -0.495 e. The molecule has 0 aliphatic carbocycles. The molecule has 0 radical (unpaired) electrons. The Hall–Kier alpha value is -2.97. The number of rotatable bonds is 9. The minimum atomic E-state index is -1.03. The smallest absolute Gasteiger partial charge is 0.335 e. The lowest BCUT2D eigenvalue weighted by Gasteiger charge is -2.16. The summed E-state index contributed by atoms with van der Waals surface area (Å²) < 4.78 is 31.2. The van der Waals surface area contributed by atoms with Crippen LogP contribution >= 0.6 is 27.5 Å². The maximum Gasteiger partial charge on any atom is 0.335 e. The molecule has 168 valence electrons. The lowest BCUT2D eigenvalue weighted by Crippen LogP contribution is -2.06. The van der Waals surface area contributed by atoms with Crippen molar-refractivity contribution in [3.8, 4) is 17.2 Å². The molecule has 3 aromatic carbocycles. The van der Waals surface area contributed by atoms with E-state index in [1.165, 1.54) is 38.5 Å².